The number of fused-ring (bicyclic) bond motifs is 1. The van der Waals surface area contributed by atoms with Crippen molar-refractivity contribution in [1.82, 2.24) is 4.98 Å². The molecule has 0 fully saturated rings. The molecule has 0 radical (unpaired) electrons. The summed E-state index contributed by atoms with van der Waals surface area (Å²) in [6, 6.07) is 28.1. The Balaban J connectivity index is 1.55. The van der Waals surface area contributed by atoms with Gasteiger partial charge in [0.25, 0.3) is 0 Å². The van der Waals surface area contributed by atoms with Crippen molar-refractivity contribution >= 4 is 39.4 Å². The number of thioether (sulfide) groups is 1. The first kappa shape index (κ1) is 18.3. The number of nitriles is 1. The Morgan fingerprint density at radius 2 is 1.75 bits per heavy atom. The number of hydrogen-bond donors (Lipinski definition) is 0. The van der Waals surface area contributed by atoms with Gasteiger partial charge in [0.05, 0.1) is 15.1 Å². The van der Waals surface area contributed by atoms with Crippen LogP contribution in [0, 0.1) is 11.3 Å². The summed E-state index contributed by atoms with van der Waals surface area (Å²) in [5.41, 5.74) is 2.94. The number of ether oxygens (including phenoxy) is 1. The van der Waals surface area contributed by atoms with E-state index in [1.807, 2.05) is 84.9 Å². The fourth-order valence-electron chi connectivity index (χ4n) is 2.68. The number of para-hydroxylation sites is 2. The van der Waals surface area contributed by atoms with Gasteiger partial charge in [-0.15, -0.1) is 11.3 Å². The zero-order valence-corrected chi connectivity index (χ0v) is 16.5. The molecular formula is C23H16N2OS2. The molecule has 28 heavy (non-hydrogen) atoms. The molecule has 0 N–H and O–H groups in total. The van der Waals surface area contributed by atoms with Gasteiger partial charge in [0.15, 0.2) is 4.34 Å². The third-order valence-electron chi connectivity index (χ3n) is 4.02. The van der Waals surface area contributed by atoms with Crippen molar-refractivity contribution in [1.29, 1.82) is 5.26 Å². The van der Waals surface area contributed by atoms with Crippen molar-refractivity contribution in [2.24, 2.45) is 0 Å². The van der Waals surface area contributed by atoms with Gasteiger partial charge < -0.3 is 4.74 Å². The smallest absolute Gasteiger partial charge is 0.156 e. The minimum absolute atomic E-state index is 0.485. The molecule has 0 saturated heterocycles. The van der Waals surface area contributed by atoms with Gasteiger partial charge in [-0.2, -0.15) is 5.26 Å². The van der Waals surface area contributed by atoms with Gasteiger partial charge in [0.2, 0.25) is 0 Å². The summed E-state index contributed by atoms with van der Waals surface area (Å²) >= 11 is 2.98. The summed E-state index contributed by atoms with van der Waals surface area (Å²) in [5, 5.41) is 9.62. The quantitative estimate of drug-likeness (QED) is 0.273. The first-order valence-electron chi connectivity index (χ1n) is 8.73. The highest BCUT2D eigenvalue weighted by Gasteiger charge is 2.09. The number of hydrogen-bond acceptors (Lipinski definition) is 5. The zero-order valence-electron chi connectivity index (χ0n) is 14.9. The molecule has 4 rings (SSSR count). The molecule has 0 bridgehead atoms. The Morgan fingerprint density at radius 1 is 1.00 bits per heavy atom. The third kappa shape index (κ3) is 4.42. The summed E-state index contributed by atoms with van der Waals surface area (Å²) in [6.07, 6.45) is 1.86. The predicted molar refractivity (Wildman–Crippen MR) is 116 cm³/mol. The van der Waals surface area contributed by atoms with E-state index in [9.17, 15) is 5.26 Å². The summed E-state index contributed by atoms with van der Waals surface area (Å²) in [7, 11) is 0. The lowest BCUT2D eigenvalue weighted by Gasteiger charge is -2.09. The third-order valence-corrected chi connectivity index (χ3v) is 6.05. The lowest BCUT2D eigenvalue weighted by molar-refractivity contribution is 0.305. The van der Waals surface area contributed by atoms with Crippen LogP contribution in [0.15, 0.2) is 88.1 Å². The Kier molecular flexibility index (Phi) is 5.72. The minimum atomic E-state index is 0.485. The molecule has 1 aromatic heterocycles. The number of benzene rings is 3. The van der Waals surface area contributed by atoms with Crippen molar-refractivity contribution in [3.8, 4) is 11.8 Å². The second-order valence-electron chi connectivity index (χ2n) is 5.98. The van der Waals surface area contributed by atoms with Crippen molar-refractivity contribution < 1.29 is 4.74 Å². The lowest BCUT2D eigenvalue weighted by atomic mass is 10.2. The molecule has 4 aromatic rings. The average Bonchev–Trinajstić information content (AvgIpc) is 3.15. The van der Waals surface area contributed by atoms with E-state index in [1.165, 1.54) is 11.8 Å². The first-order chi connectivity index (χ1) is 13.8. The molecule has 0 amide bonds. The van der Waals surface area contributed by atoms with Crippen LogP contribution in [-0.4, -0.2) is 4.98 Å². The summed E-state index contributed by atoms with van der Waals surface area (Å²) in [6.45, 7) is 0.485. The van der Waals surface area contributed by atoms with Crippen LogP contribution in [0.25, 0.3) is 16.3 Å². The van der Waals surface area contributed by atoms with Crippen LogP contribution in [0.3, 0.4) is 0 Å². The van der Waals surface area contributed by atoms with Gasteiger partial charge in [-0.3, -0.25) is 0 Å². The molecule has 0 unspecified atom stereocenters. The van der Waals surface area contributed by atoms with Gasteiger partial charge in [0.1, 0.15) is 18.4 Å². The maximum atomic E-state index is 9.62. The van der Waals surface area contributed by atoms with Crippen LogP contribution >= 0.6 is 23.1 Å². The molecule has 3 nitrogen and oxygen atoms in total. The minimum Gasteiger partial charge on any atom is -0.488 e. The first-order valence-corrected chi connectivity index (χ1v) is 10.4. The molecule has 0 aliphatic heterocycles. The Labute approximate surface area is 171 Å². The molecule has 0 atom stereocenters. The monoisotopic (exact) mass is 400 g/mol. The van der Waals surface area contributed by atoms with Crippen LogP contribution in [0.1, 0.15) is 11.1 Å². The van der Waals surface area contributed by atoms with E-state index >= 15 is 0 Å². The zero-order chi connectivity index (χ0) is 19.2. The van der Waals surface area contributed by atoms with Gasteiger partial charge in [-0.05, 0) is 41.6 Å². The Morgan fingerprint density at radius 3 is 2.57 bits per heavy atom. The number of nitrogens with zero attached hydrogens (tertiary/aromatic N) is 2. The Hall–Kier alpha value is -3.07. The van der Waals surface area contributed by atoms with E-state index in [0.717, 1.165) is 31.4 Å². The number of aromatic nitrogens is 1. The fraction of sp³-hybridized carbons (Fsp3) is 0.0435. The fourth-order valence-corrected chi connectivity index (χ4v) is 4.65. The second-order valence-corrected chi connectivity index (χ2v) is 8.30. The van der Waals surface area contributed by atoms with E-state index in [2.05, 4.69) is 11.1 Å². The molecule has 0 spiro atoms. The van der Waals surface area contributed by atoms with E-state index < -0.39 is 0 Å². The maximum absolute atomic E-state index is 9.62. The number of rotatable bonds is 6. The molecule has 3 aromatic carbocycles. The molecule has 0 aliphatic rings. The van der Waals surface area contributed by atoms with Gasteiger partial charge >= 0.3 is 0 Å². The summed E-state index contributed by atoms with van der Waals surface area (Å²) in [5.74, 6) is 0.754. The van der Waals surface area contributed by atoms with E-state index in [-0.39, 0.29) is 0 Å². The highest BCUT2D eigenvalue weighted by molar-refractivity contribution is 8.05. The van der Waals surface area contributed by atoms with Crippen LogP contribution in [0.4, 0.5) is 0 Å². The van der Waals surface area contributed by atoms with Crippen molar-refractivity contribution in [2.75, 3.05) is 0 Å². The highest BCUT2D eigenvalue weighted by Crippen LogP contribution is 2.35. The topological polar surface area (TPSA) is 45.9 Å². The van der Waals surface area contributed by atoms with Crippen LogP contribution in [-0.2, 0) is 6.61 Å². The molecule has 136 valence electrons. The molecule has 0 saturated carbocycles. The molecule has 1 heterocycles. The summed E-state index contributed by atoms with van der Waals surface area (Å²) in [4.78, 5) is 5.18. The standard InChI is InChI=1S/C23H16N2OS2/c24-15-19(27-23-25-20-11-5-7-13-22(20)28-23)14-18-10-4-6-12-21(18)26-16-17-8-2-1-3-9-17/h1-14H,16H2/b19-14-. The summed E-state index contributed by atoms with van der Waals surface area (Å²) < 4.78 is 7.97. The van der Waals surface area contributed by atoms with E-state index in [4.69, 9.17) is 4.74 Å². The predicted octanol–water partition coefficient (Wildman–Crippen LogP) is 6.53. The lowest BCUT2D eigenvalue weighted by Crippen LogP contribution is -1.96. The molecule has 0 aliphatic carbocycles. The van der Waals surface area contributed by atoms with Gasteiger partial charge in [-0.1, -0.05) is 60.7 Å². The molecule has 5 heteroatoms. The second kappa shape index (κ2) is 8.75. The SMILES string of the molecule is N#C/C(=C/c1ccccc1OCc1ccccc1)Sc1nc2ccccc2s1. The van der Waals surface area contributed by atoms with Crippen LogP contribution < -0.4 is 4.74 Å². The van der Waals surface area contributed by atoms with Crippen LogP contribution in [0.2, 0.25) is 0 Å². The molecular weight excluding hydrogens is 384 g/mol. The highest BCUT2D eigenvalue weighted by atomic mass is 32.2. The van der Waals surface area contributed by atoms with E-state index in [1.54, 1.807) is 11.3 Å². The Bertz CT molecular complexity index is 1130. The van der Waals surface area contributed by atoms with Crippen molar-refractivity contribution in [2.45, 2.75) is 10.9 Å². The van der Waals surface area contributed by atoms with Gasteiger partial charge in [-0.25, -0.2) is 4.98 Å². The maximum Gasteiger partial charge on any atom is 0.156 e. The van der Waals surface area contributed by atoms with Crippen molar-refractivity contribution in [3.63, 3.8) is 0 Å². The number of thiazole rings is 1. The van der Waals surface area contributed by atoms with Gasteiger partial charge in [0, 0.05) is 5.56 Å². The van der Waals surface area contributed by atoms with Crippen LogP contribution in [0.5, 0.6) is 5.75 Å². The van der Waals surface area contributed by atoms with Crippen molar-refractivity contribution in [3.05, 3.63) is 94.9 Å². The average molecular weight is 401 g/mol. The number of allylic oxidation sites excluding steroid dienone is 1. The largest absolute Gasteiger partial charge is 0.488 e. The van der Waals surface area contributed by atoms with E-state index in [0.29, 0.717) is 11.5 Å². The normalized spacial score (nSPS) is 11.3.